The Kier molecular flexibility index (Phi) is 9.20. The third-order valence-corrected chi connectivity index (χ3v) is 12.5. The van der Waals surface area contributed by atoms with Crippen LogP contribution in [-0.2, 0) is 29.9 Å². The standard InChI is InChI=1S/C37H46O5Si/c1-36(2,3)34-30-25-40-35(38)31(26-41-43(28-17-9-5-10-18-28)29-19-11-6-12-20-29)37(30,23-27-15-7-4-8-16-27)24-32(34)42-33-21-13-14-22-39-33/h4-12,15-20,30-34,43H,13-14,21-26H2,1-3H3/t30-,31?,32-,33?,34-,37-/m1/s1. The average molecular weight is 599 g/mol. The Balaban J connectivity index is 1.37. The maximum atomic E-state index is 13.9. The topological polar surface area (TPSA) is 54.0 Å². The highest BCUT2D eigenvalue weighted by Crippen LogP contribution is 2.61. The second-order valence-corrected chi connectivity index (χ2v) is 16.2. The number of ether oxygens (including phenoxy) is 3. The van der Waals surface area contributed by atoms with Gasteiger partial charge in [-0.05, 0) is 64.8 Å². The van der Waals surface area contributed by atoms with Gasteiger partial charge in [0.05, 0.1) is 18.6 Å². The number of esters is 1. The van der Waals surface area contributed by atoms with Crippen LogP contribution in [0.15, 0.2) is 91.0 Å². The van der Waals surface area contributed by atoms with Crippen molar-refractivity contribution in [3.05, 3.63) is 96.6 Å². The minimum Gasteiger partial charge on any atom is -0.465 e. The lowest BCUT2D eigenvalue weighted by Gasteiger charge is -2.48. The van der Waals surface area contributed by atoms with E-state index in [1.165, 1.54) is 15.9 Å². The third-order valence-electron chi connectivity index (χ3n) is 10.0. The smallest absolute Gasteiger partial charge is 0.311 e. The van der Waals surface area contributed by atoms with Gasteiger partial charge in [0.25, 0.3) is 0 Å². The van der Waals surface area contributed by atoms with E-state index in [9.17, 15) is 4.79 Å². The first-order valence-corrected chi connectivity index (χ1v) is 17.7. The minimum absolute atomic E-state index is 0.0231. The van der Waals surface area contributed by atoms with Crippen molar-refractivity contribution >= 4 is 25.4 Å². The van der Waals surface area contributed by atoms with E-state index < -0.39 is 9.04 Å². The molecule has 6 heteroatoms. The normalized spacial score (nSPS) is 29.3. The molecule has 228 valence electrons. The second-order valence-electron chi connectivity index (χ2n) is 13.8. The monoisotopic (exact) mass is 598 g/mol. The van der Waals surface area contributed by atoms with Crippen LogP contribution in [0.3, 0.4) is 0 Å². The summed E-state index contributed by atoms with van der Waals surface area (Å²) >= 11 is 0. The van der Waals surface area contributed by atoms with Gasteiger partial charge in [0.1, 0.15) is 0 Å². The van der Waals surface area contributed by atoms with E-state index in [0.29, 0.717) is 13.2 Å². The Bertz CT molecular complexity index is 1280. The van der Waals surface area contributed by atoms with Crippen LogP contribution in [-0.4, -0.2) is 47.2 Å². The average Bonchev–Trinajstić information content (AvgIpc) is 3.34. The van der Waals surface area contributed by atoms with Crippen LogP contribution in [0.5, 0.6) is 0 Å². The van der Waals surface area contributed by atoms with Crippen molar-refractivity contribution in [1.82, 2.24) is 0 Å². The summed E-state index contributed by atoms with van der Waals surface area (Å²) in [5.74, 6) is -0.155. The van der Waals surface area contributed by atoms with Crippen molar-refractivity contribution in [2.24, 2.45) is 28.6 Å². The fourth-order valence-electron chi connectivity index (χ4n) is 8.12. The van der Waals surface area contributed by atoms with Gasteiger partial charge in [0, 0.05) is 19.1 Å². The van der Waals surface area contributed by atoms with Gasteiger partial charge >= 0.3 is 5.97 Å². The number of carbonyl (C=O) groups excluding carboxylic acids is 1. The molecule has 5 nitrogen and oxygen atoms in total. The SMILES string of the molecule is CC(C)(C)[C@@H]1[C@H]2COC(=O)C(CO[SiH](c3ccccc3)c3ccccc3)[C@]2(Cc2ccccc2)C[C@H]1OC1CCCCO1. The summed E-state index contributed by atoms with van der Waals surface area (Å²) in [4.78, 5) is 13.9. The van der Waals surface area contributed by atoms with Gasteiger partial charge in [-0.1, -0.05) is 112 Å². The number of benzene rings is 3. The predicted octanol–water partition coefficient (Wildman–Crippen LogP) is 5.54. The van der Waals surface area contributed by atoms with Gasteiger partial charge in [-0.25, -0.2) is 0 Å². The van der Waals surface area contributed by atoms with Gasteiger partial charge in [-0.15, -0.1) is 0 Å². The Morgan fingerprint density at radius 1 is 0.884 bits per heavy atom. The van der Waals surface area contributed by atoms with Gasteiger partial charge in [0.2, 0.25) is 9.04 Å². The van der Waals surface area contributed by atoms with Crippen LogP contribution in [0.25, 0.3) is 0 Å². The van der Waals surface area contributed by atoms with E-state index in [1.54, 1.807) is 0 Å². The van der Waals surface area contributed by atoms with Crippen molar-refractivity contribution in [3.63, 3.8) is 0 Å². The van der Waals surface area contributed by atoms with Crippen molar-refractivity contribution in [1.29, 1.82) is 0 Å². The van der Waals surface area contributed by atoms with Crippen LogP contribution < -0.4 is 10.4 Å². The molecule has 0 amide bonds. The molecule has 6 rings (SSSR count). The highest BCUT2D eigenvalue weighted by Gasteiger charge is 2.64. The largest absolute Gasteiger partial charge is 0.465 e. The van der Waals surface area contributed by atoms with Crippen molar-refractivity contribution in [2.45, 2.75) is 65.3 Å². The number of cyclic esters (lactones) is 1. The molecule has 3 aliphatic rings. The van der Waals surface area contributed by atoms with Crippen LogP contribution in [0.2, 0.25) is 0 Å². The lowest BCUT2D eigenvalue weighted by Crippen LogP contribution is -2.54. The minimum atomic E-state index is -2.06. The fraction of sp³-hybridized carbons (Fsp3) is 0.486. The molecule has 2 heterocycles. The van der Waals surface area contributed by atoms with Gasteiger partial charge in [0.15, 0.2) is 6.29 Å². The molecule has 2 saturated heterocycles. The molecule has 0 radical (unpaired) electrons. The molecule has 2 unspecified atom stereocenters. The maximum absolute atomic E-state index is 13.9. The van der Waals surface area contributed by atoms with Gasteiger partial charge in [-0.2, -0.15) is 0 Å². The summed E-state index contributed by atoms with van der Waals surface area (Å²) in [6, 6.07) is 31.6. The molecule has 3 aromatic rings. The quantitative estimate of drug-likeness (QED) is 0.239. The zero-order chi connectivity index (χ0) is 29.9. The van der Waals surface area contributed by atoms with E-state index in [1.807, 2.05) is 12.1 Å². The van der Waals surface area contributed by atoms with E-state index in [-0.39, 0.29) is 46.9 Å². The van der Waals surface area contributed by atoms with Crippen molar-refractivity contribution in [3.8, 4) is 0 Å². The summed E-state index contributed by atoms with van der Waals surface area (Å²) in [6.07, 6.45) is 4.51. The number of rotatable bonds is 9. The molecule has 0 aromatic heterocycles. The molecule has 0 spiro atoms. The Labute approximate surface area is 258 Å². The fourth-order valence-corrected chi connectivity index (χ4v) is 10.4. The van der Waals surface area contributed by atoms with Crippen LogP contribution in [0.4, 0.5) is 0 Å². The molecule has 3 aromatic carbocycles. The summed E-state index contributed by atoms with van der Waals surface area (Å²) in [6.45, 7) is 8.44. The molecule has 0 N–H and O–H groups in total. The molecule has 1 saturated carbocycles. The summed E-state index contributed by atoms with van der Waals surface area (Å²) in [5, 5.41) is 2.42. The summed E-state index contributed by atoms with van der Waals surface area (Å²) in [7, 11) is -2.06. The first-order chi connectivity index (χ1) is 20.8. The van der Waals surface area contributed by atoms with E-state index in [2.05, 4.69) is 99.6 Å². The van der Waals surface area contributed by atoms with Gasteiger partial charge in [-0.3, -0.25) is 4.79 Å². The van der Waals surface area contributed by atoms with E-state index in [0.717, 1.165) is 38.7 Å². The molecule has 6 atom stereocenters. The lowest BCUT2D eigenvalue weighted by atomic mass is 9.60. The first-order valence-electron chi connectivity index (χ1n) is 16.0. The maximum Gasteiger partial charge on any atom is 0.311 e. The Hall–Kier alpha value is -2.77. The van der Waals surface area contributed by atoms with Crippen LogP contribution in [0, 0.1) is 28.6 Å². The molecule has 1 aliphatic carbocycles. The van der Waals surface area contributed by atoms with Crippen LogP contribution >= 0.6 is 0 Å². The highest BCUT2D eigenvalue weighted by atomic mass is 28.3. The molecule has 2 aliphatic heterocycles. The Morgan fingerprint density at radius 3 is 2.09 bits per heavy atom. The zero-order valence-electron chi connectivity index (χ0n) is 25.8. The van der Waals surface area contributed by atoms with Crippen molar-refractivity contribution < 1.29 is 23.4 Å². The lowest BCUT2D eigenvalue weighted by molar-refractivity contribution is -0.203. The summed E-state index contributed by atoms with van der Waals surface area (Å²) < 4.78 is 26.0. The van der Waals surface area contributed by atoms with Crippen molar-refractivity contribution in [2.75, 3.05) is 19.8 Å². The summed E-state index contributed by atoms with van der Waals surface area (Å²) in [5.41, 5.74) is 0.859. The molecule has 0 bridgehead atoms. The van der Waals surface area contributed by atoms with Crippen LogP contribution in [0.1, 0.15) is 52.0 Å². The molecular weight excluding hydrogens is 552 g/mol. The molecular formula is C37H46O5Si. The first kappa shape index (κ1) is 30.3. The number of carbonyl (C=O) groups is 1. The molecule has 3 fully saturated rings. The number of hydrogen-bond donors (Lipinski definition) is 0. The highest BCUT2D eigenvalue weighted by molar-refractivity contribution is 6.80. The van der Waals surface area contributed by atoms with E-state index in [4.69, 9.17) is 18.6 Å². The third kappa shape index (κ3) is 6.53. The number of fused-ring (bicyclic) bond motifs is 1. The predicted molar refractivity (Wildman–Crippen MR) is 172 cm³/mol. The Morgan fingerprint density at radius 2 is 1.51 bits per heavy atom. The second kappa shape index (κ2) is 13.1. The zero-order valence-corrected chi connectivity index (χ0v) is 27.0. The molecule has 43 heavy (non-hydrogen) atoms. The van der Waals surface area contributed by atoms with E-state index >= 15 is 0 Å². The number of hydrogen-bond acceptors (Lipinski definition) is 5. The van der Waals surface area contributed by atoms with Gasteiger partial charge < -0.3 is 18.6 Å².